The molecular formula is C15H17BrN4O3. The number of rotatable bonds is 4. The van der Waals surface area contributed by atoms with E-state index in [-0.39, 0.29) is 16.2 Å². The molecule has 0 radical (unpaired) electrons. The zero-order valence-corrected chi connectivity index (χ0v) is 14.8. The maximum absolute atomic E-state index is 12.4. The van der Waals surface area contributed by atoms with Crippen molar-refractivity contribution in [1.29, 1.82) is 0 Å². The van der Waals surface area contributed by atoms with E-state index >= 15 is 0 Å². The second-order valence-electron chi connectivity index (χ2n) is 5.41. The molecule has 0 aliphatic carbocycles. The zero-order chi connectivity index (χ0) is 17.3. The summed E-state index contributed by atoms with van der Waals surface area (Å²) in [5.74, 6) is -0.585. The first-order chi connectivity index (χ1) is 10.7. The minimum absolute atomic E-state index is 0.286. The smallest absolute Gasteiger partial charge is 0.358 e. The fourth-order valence-electron chi connectivity index (χ4n) is 2.28. The number of hydrogen-bond donors (Lipinski definition) is 1. The van der Waals surface area contributed by atoms with Gasteiger partial charge < -0.3 is 15.4 Å². The van der Waals surface area contributed by atoms with E-state index in [1.165, 1.54) is 4.68 Å². The molecule has 1 atom stereocenters. The van der Waals surface area contributed by atoms with Crippen LogP contribution in [-0.2, 0) is 4.79 Å². The molecule has 0 aliphatic rings. The van der Waals surface area contributed by atoms with E-state index in [0.717, 1.165) is 11.1 Å². The largest absolute Gasteiger partial charge is 0.404 e. The monoisotopic (exact) mass is 380 g/mol. The number of nitro groups is 1. The van der Waals surface area contributed by atoms with Gasteiger partial charge >= 0.3 is 5.82 Å². The summed E-state index contributed by atoms with van der Waals surface area (Å²) in [7, 11) is 0. The van der Waals surface area contributed by atoms with Crippen molar-refractivity contribution in [1.82, 2.24) is 9.78 Å². The Morgan fingerprint density at radius 1 is 1.39 bits per heavy atom. The van der Waals surface area contributed by atoms with Crippen molar-refractivity contribution in [3.63, 3.8) is 0 Å². The van der Waals surface area contributed by atoms with Gasteiger partial charge in [-0.25, -0.2) is 0 Å². The molecule has 8 heteroatoms. The molecule has 0 saturated heterocycles. The second-order valence-corrected chi connectivity index (χ2v) is 6.20. The molecule has 0 bridgehead atoms. The van der Waals surface area contributed by atoms with Crippen LogP contribution in [0.4, 0.5) is 11.5 Å². The number of carbonyl (C=O) groups is 1. The van der Waals surface area contributed by atoms with E-state index in [1.54, 1.807) is 13.8 Å². The Balaban J connectivity index is 2.26. The lowest BCUT2D eigenvalue weighted by Crippen LogP contribution is -2.25. The van der Waals surface area contributed by atoms with Gasteiger partial charge in [-0.3, -0.25) is 4.79 Å². The summed E-state index contributed by atoms with van der Waals surface area (Å²) in [6.07, 6.45) is 0. The third-order valence-corrected chi connectivity index (χ3v) is 4.55. The van der Waals surface area contributed by atoms with Gasteiger partial charge in [0.2, 0.25) is 0 Å². The number of anilines is 1. The first kappa shape index (κ1) is 17.1. The Morgan fingerprint density at radius 2 is 2.04 bits per heavy atom. The molecule has 122 valence electrons. The van der Waals surface area contributed by atoms with E-state index < -0.39 is 11.0 Å². The van der Waals surface area contributed by atoms with Gasteiger partial charge in [0.1, 0.15) is 10.5 Å². The van der Waals surface area contributed by atoms with Gasteiger partial charge in [-0.15, -0.1) is 0 Å². The maximum atomic E-state index is 12.4. The molecule has 1 heterocycles. The fraction of sp³-hybridized carbons (Fsp3) is 0.333. The van der Waals surface area contributed by atoms with Gasteiger partial charge in [-0.05, 0) is 60.2 Å². The van der Waals surface area contributed by atoms with E-state index in [9.17, 15) is 14.9 Å². The van der Waals surface area contributed by atoms with Crippen LogP contribution < -0.4 is 5.32 Å². The highest BCUT2D eigenvalue weighted by Crippen LogP contribution is 2.29. The molecule has 1 amide bonds. The standard InChI is InChI=1S/C15H17BrN4O3/c1-8-5-6-12(9(2)7-8)17-15(21)11(4)19-10(3)13(16)14(18-19)20(22)23/h5-7,11H,1-4H3,(H,17,21)/t11-/m0/s1. The number of hydrogen-bond acceptors (Lipinski definition) is 4. The van der Waals surface area contributed by atoms with Gasteiger partial charge in [-0.2, -0.15) is 4.68 Å². The quantitative estimate of drug-likeness (QED) is 0.646. The summed E-state index contributed by atoms with van der Waals surface area (Å²) in [6.45, 7) is 7.21. The average molecular weight is 381 g/mol. The summed E-state index contributed by atoms with van der Waals surface area (Å²) >= 11 is 3.15. The molecule has 1 aromatic heterocycles. The second kappa shape index (κ2) is 6.49. The third-order valence-electron chi connectivity index (χ3n) is 3.62. The normalized spacial score (nSPS) is 12.0. The van der Waals surface area contributed by atoms with Crippen molar-refractivity contribution in [2.24, 2.45) is 0 Å². The average Bonchev–Trinajstić information content (AvgIpc) is 2.77. The molecule has 1 aromatic carbocycles. The van der Waals surface area contributed by atoms with E-state index in [1.807, 2.05) is 32.0 Å². The topological polar surface area (TPSA) is 90.1 Å². The zero-order valence-electron chi connectivity index (χ0n) is 13.3. The highest BCUT2D eigenvalue weighted by molar-refractivity contribution is 9.10. The number of amides is 1. The van der Waals surface area contributed by atoms with Crippen LogP contribution in [0.15, 0.2) is 22.7 Å². The molecule has 2 aromatic rings. The highest BCUT2D eigenvalue weighted by atomic mass is 79.9. The summed E-state index contributed by atoms with van der Waals surface area (Å²) in [5, 5.41) is 17.7. The minimum Gasteiger partial charge on any atom is -0.358 e. The molecule has 0 unspecified atom stereocenters. The lowest BCUT2D eigenvalue weighted by atomic mass is 10.1. The number of nitrogens with zero attached hydrogens (tertiary/aromatic N) is 3. The molecule has 0 saturated carbocycles. The van der Waals surface area contributed by atoms with Crippen LogP contribution in [0.25, 0.3) is 0 Å². The van der Waals surface area contributed by atoms with Crippen molar-refractivity contribution < 1.29 is 9.72 Å². The minimum atomic E-state index is -0.680. The van der Waals surface area contributed by atoms with Crippen LogP contribution in [0.2, 0.25) is 0 Å². The molecule has 0 fully saturated rings. The summed E-state index contributed by atoms with van der Waals surface area (Å²) in [5.41, 5.74) is 3.30. The van der Waals surface area contributed by atoms with Crippen molar-refractivity contribution in [2.75, 3.05) is 5.32 Å². The molecule has 0 spiro atoms. The Bertz CT molecular complexity index is 785. The van der Waals surface area contributed by atoms with Gasteiger partial charge in [0.05, 0.1) is 10.8 Å². The fourth-order valence-corrected chi connectivity index (χ4v) is 2.68. The highest BCUT2D eigenvalue weighted by Gasteiger charge is 2.29. The number of nitrogens with one attached hydrogen (secondary N) is 1. The Morgan fingerprint density at radius 3 is 2.57 bits per heavy atom. The molecule has 7 nitrogen and oxygen atoms in total. The molecular weight excluding hydrogens is 364 g/mol. The van der Waals surface area contributed by atoms with Crippen LogP contribution in [0.5, 0.6) is 0 Å². The number of aryl methyl sites for hydroxylation is 2. The molecule has 0 aliphatic heterocycles. The number of halogens is 1. The van der Waals surface area contributed by atoms with Crippen molar-refractivity contribution in [3.8, 4) is 0 Å². The van der Waals surface area contributed by atoms with Gasteiger partial charge in [0, 0.05) is 5.69 Å². The number of carbonyl (C=O) groups excluding carboxylic acids is 1. The first-order valence-corrected chi connectivity index (χ1v) is 7.78. The molecule has 2 rings (SSSR count). The van der Waals surface area contributed by atoms with Crippen molar-refractivity contribution in [3.05, 3.63) is 49.6 Å². The molecule has 1 N–H and O–H groups in total. The Kier molecular flexibility index (Phi) is 4.84. The van der Waals surface area contributed by atoms with Crippen LogP contribution in [0.1, 0.15) is 29.8 Å². The lowest BCUT2D eigenvalue weighted by Gasteiger charge is -2.13. The van der Waals surface area contributed by atoms with Crippen molar-refractivity contribution in [2.45, 2.75) is 33.7 Å². The summed E-state index contributed by atoms with van der Waals surface area (Å²) in [6, 6.07) is 5.04. The van der Waals surface area contributed by atoms with E-state index in [2.05, 4.69) is 26.3 Å². The van der Waals surface area contributed by atoms with Crippen LogP contribution >= 0.6 is 15.9 Å². The van der Waals surface area contributed by atoms with E-state index in [0.29, 0.717) is 11.4 Å². The Labute approximate surface area is 142 Å². The number of aromatic nitrogens is 2. The number of benzene rings is 1. The summed E-state index contributed by atoms with van der Waals surface area (Å²) < 4.78 is 1.63. The maximum Gasteiger partial charge on any atom is 0.404 e. The van der Waals surface area contributed by atoms with E-state index in [4.69, 9.17) is 0 Å². The van der Waals surface area contributed by atoms with Gasteiger partial charge in [0.25, 0.3) is 5.91 Å². The first-order valence-electron chi connectivity index (χ1n) is 6.99. The molecule has 23 heavy (non-hydrogen) atoms. The van der Waals surface area contributed by atoms with Crippen LogP contribution in [0.3, 0.4) is 0 Å². The summed E-state index contributed by atoms with van der Waals surface area (Å²) in [4.78, 5) is 22.8. The predicted molar refractivity (Wildman–Crippen MR) is 90.6 cm³/mol. The van der Waals surface area contributed by atoms with Crippen LogP contribution in [0, 0.1) is 30.9 Å². The third kappa shape index (κ3) is 3.42. The lowest BCUT2D eigenvalue weighted by molar-refractivity contribution is -0.390. The SMILES string of the molecule is Cc1ccc(NC(=O)[C@H](C)n2nc([N+](=O)[O-])c(Br)c2C)c(C)c1. The van der Waals surface area contributed by atoms with Gasteiger partial charge in [-0.1, -0.05) is 17.7 Å². The van der Waals surface area contributed by atoms with Gasteiger partial charge in [0.15, 0.2) is 0 Å². The van der Waals surface area contributed by atoms with Crippen molar-refractivity contribution >= 4 is 33.3 Å². The Hall–Kier alpha value is -2.22. The predicted octanol–water partition coefficient (Wildman–Crippen LogP) is 3.68. The van der Waals surface area contributed by atoms with Crippen LogP contribution in [-0.4, -0.2) is 20.6 Å².